The van der Waals surface area contributed by atoms with E-state index in [0.29, 0.717) is 48.2 Å². The van der Waals surface area contributed by atoms with Gasteiger partial charge in [0, 0.05) is 44.2 Å². The molecule has 0 bridgehead atoms. The molecule has 0 saturated heterocycles. The molecule has 3 rings (SSSR count). The number of hydrogen-bond donors (Lipinski definition) is 1. The fraction of sp³-hybridized carbons (Fsp3) is 0.649. The van der Waals surface area contributed by atoms with Gasteiger partial charge in [0.25, 0.3) is 0 Å². The molecular weight excluding hydrogens is 641 g/mol. The minimum absolute atomic E-state index is 0.145. The van der Waals surface area contributed by atoms with Gasteiger partial charge in [-0.15, -0.1) is 0 Å². The van der Waals surface area contributed by atoms with E-state index in [1.54, 1.807) is 19.9 Å². The number of carbonyl (C=O) groups is 3. The van der Waals surface area contributed by atoms with Crippen LogP contribution in [0.3, 0.4) is 0 Å². The van der Waals surface area contributed by atoms with Gasteiger partial charge in [-0.1, -0.05) is 69.0 Å². The predicted octanol–water partition coefficient (Wildman–Crippen LogP) is 7.29. The van der Waals surface area contributed by atoms with Gasteiger partial charge in [-0.05, 0) is 78.6 Å². The van der Waals surface area contributed by atoms with Crippen molar-refractivity contribution in [3.8, 4) is 11.8 Å². The number of methoxy groups -OCH3 is 1. The minimum Gasteiger partial charge on any atom is -0.469 e. The summed E-state index contributed by atoms with van der Waals surface area (Å²) in [4.78, 5) is 39.7. The van der Waals surface area contributed by atoms with Crippen molar-refractivity contribution in [1.29, 1.82) is 0 Å². The number of azide groups is 1. The number of amides is 1. The fourth-order valence-corrected chi connectivity index (χ4v) is 7.84. The highest BCUT2D eigenvalue weighted by molar-refractivity contribution is 6.74. The van der Waals surface area contributed by atoms with Crippen molar-refractivity contribution in [3.05, 3.63) is 58.7 Å². The summed E-state index contributed by atoms with van der Waals surface area (Å²) in [6.07, 6.45) is 16.3. The van der Waals surface area contributed by atoms with Crippen molar-refractivity contribution in [1.82, 2.24) is 5.32 Å². The van der Waals surface area contributed by atoms with Gasteiger partial charge in [0.2, 0.25) is 11.7 Å². The maximum absolute atomic E-state index is 12.6. The average Bonchev–Trinajstić information content (AvgIpc) is 3.53. The van der Waals surface area contributed by atoms with Crippen LogP contribution >= 0.6 is 0 Å². The molecule has 1 N–H and O–H groups in total. The Morgan fingerprint density at radius 1 is 1.27 bits per heavy atom. The summed E-state index contributed by atoms with van der Waals surface area (Å²) in [5.41, 5.74) is 9.09. The molecule has 7 atom stereocenters. The largest absolute Gasteiger partial charge is 0.469 e. The number of cyclic esters (lactones) is 1. The van der Waals surface area contributed by atoms with E-state index in [-0.39, 0.29) is 29.9 Å². The molecule has 0 aromatic rings. The molecule has 2 aliphatic carbocycles. The number of ether oxygens (including phenoxy) is 3. The Morgan fingerprint density at radius 2 is 2.00 bits per heavy atom. The van der Waals surface area contributed by atoms with E-state index in [4.69, 9.17) is 24.2 Å². The van der Waals surface area contributed by atoms with Gasteiger partial charge in [-0.2, -0.15) is 0 Å². The van der Waals surface area contributed by atoms with Gasteiger partial charge < -0.3 is 24.0 Å². The highest BCUT2D eigenvalue weighted by Crippen LogP contribution is 2.51. The lowest BCUT2D eigenvalue weighted by Gasteiger charge is -2.40. The van der Waals surface area contributed by atoms with Crippen LogP contribution in [0.5, 0.6) is 0 Å². The van der Waals surface area contributed by atoms with Crippen molar-refractivity contribution >= 4 is 26.2 Å². The third-order valence-electron chi connectivity index (χ3n) is 10.0. The van der Waals surface area contributed by atoms with E-state index < -0.39 is 32.2 Å². The summed E-state index contributed by atoms with van der Waals surface area (Å²) < 4.78 is 22.3. The number of fused-ring (bicyclic) bond motifs is 1. The molecule has 1 amide bonds. The smallest absolute Gasteiger partial charge is 0.337 e. The third-order valence-corrected chi connectivity index (χ3v) is 14.6. The van der Waals surface area contributed by atoms with E-state index in [1.165, 1.54) is 19.3 Å². The summed E-state index contributed by atoms with van der Waals surface area (Å²) in [6.45, 7) is 16.3. The molecule has 0 spiro atoms. The predicted molar refractivity (Wildman–Crippen MR) is 191 cm³/mol. The molecule has 0 aromatic carbocycles. The molecule has 3 aliphatic rings. The molecule has 0 aromatic heterocycles. The molecule has 1 aliphatic heterocycles. The van der Waals surface area contributed by atoms with Crippen LogP contribution in [-0.2, 0) is 33.0 Å². The lowest BCUT2D eigenvalue weighted by Crippen LogP contribution is -2.49. The zero-order valence-electron chi connectivity index (χ0n) is 30.5. The Balaban J connectivity index is 1.56. The maximum Gasteiger partial charge on any atom is 0.337 e. The summed E-state index contributed by atoms with van der Waals surface area (Å²) in [5.74, 6) is 7.04. The topological polar surface area (TPSA) is 149 Å². The van der Waals surface area contributed by atoms with Crippen molar-refractivity contribution in [2.45, 2.75) is 110 Å². The van der Waals surface area contributed by atoms with Crippen molar-refractivity contribution in [2.24, 2.45) is 34.7 Å². The van der Waals surface area contributed by atoms with Crippen LogP contribution in [-0.4, -0.2) is 57.8 Å². The normalized spacial score (nSPS) is 25.7. The van der Waals surface area contributed by atoms with E-state index in [2.05, 4.69) is 79.2 Å². The Hall–Kier alpha value is -3.78. The third kappa shape index (κ3) is 11.4. The van der Waals surface area contributed by atoms with Crippen molar-refractivity contribution < 1.29 is 33.0 Å². The van der Waals surface area contributed by atoms with Crippen LogP contribution in [0.2, 0.25) is 18.1 Å². The van der Waals surface area contributed by atoms with Crippen LogP contribution < -0.4 is 5.32 Å². The van der Waals surface area contributed by atoms with Gasteiger partial charge in [0.1, 0.15) is 5.76 Å². The van der Waals surface area contributed by atoms with E-state index >= 15 is 0 Å². The number of allylic oxidation sites excluding steroid dienone is 6. The van der Waals surface area contributed by atoms with Crippen molar-refractivity contribution in [2.75, 3.05) is 13.7 Å². The summed E-state index contributed by atoms with van der Waals surface area (Å²) in [7, 11) is -1.11. The highest BCUT2D eigenvalue weighted by Gasteiger charge is 2.45. The summed E-state index contributed by atoms with van der Waals surface area (Å²) >= 11 is 0. The first kappa shape index (κ1) is 39.7. The highest BCUT2D eigenvalue weighted by atomic mass is 28.4. The zero-order chi connectivity index (χ0) is 36.4. The van der Waals surface area contributed by atoms with Crippen molar-refractivity contribution in [3.63, 3.8) is 0 Å². The SMILES string of the molecule is COC(=O)[C@@H](N=[N+]=[N-])[C@H](CCNC(=O)/C=C/C#CC[C@@H]1[C@H]2C=C[C@H](C)[C@H]2C[C@H]1/C=C/CCC1=CC(=O)OC(C)(C)O1)O[Si](C)(C)C(C)(C)C. The number of nitrogens with one attached hydrogen (secondary N) is 1. The van der Waals surface area contributed by atoms with E-state index in [1.807, 2.05) is 13.1 Å². The Morgan fingerprint density at radius 3 is 2.65 bits per heavy atom. The van der Waals surface area contributed by atoms with Gasteiger partial charge in [-0.25, -0.2) is 4.79 Å². The maximum atomic E-state index is 12.6. The monoisotopic (exact) mass is 694 g/mol. The number of hydrogen-bond acceptors (Lipinski definition) is 8. The number of carbonyl (C=O) groups excluding carboxylic acids is 3. The van der Waals surface area contributed by atoms with Crippen LogP contribution in [0.15, 0.2) is 53.4 Å². The number of rotatable bonds is 14. The molecule has 0 radical (unpaired) electrons. The Labute approximate surface area is 292 Å². The second kappa shape index (κ2) is 17.2. The lowest BCUT2D eigenvalue weighted by atomic mass is 9.85. The first-order chi connectivity index (χ1) is 23.0. The standard InChI is InChI=1S/C37H54N4O7Si/c1-25-19-20-29-28(26(23-30(25)29)15-13-14-16-27-24-33(43)47-37(5,6)46-27)17-11-10-12-18-32(42)39-22-21-31(34(40-41-38)35(44)45-7)48-49(8,9)36(2,3)4/h12-13,15,18-20,24-26,28-31,34H,14,16-17,21-23H2,1-9H3,(H,39,42)/b15-13+,18-12+/t25-,26+,28-,29+,30+,31-,34-/m0/s1. The summed E-state index contributed by atoms with van der Waals surface area (Å²) in [6, 6.07) is -1.16. The van der Waals surface area contributed by atoms with E-state index in [9.17, 15) is 14.4 Å². The Kier molecular flexibility index (Phi) is 13.9. The van der Waals surface area contributed by atoms with Crippen LogP contribution in [0.25, 0.3) is 10.4 Å². The quantitative estimate of drug-likeness (QED) is 0.0293. The van der Waals surface area contributed by atoms with Gasteiger partial charge >= 0.3 is 11.9 Å². The lowest BCUT2D eigenvalue weighted by molar-refractivity contribution is -0.205. The molecule has 0 unspecified atom stereocenters. The van der Waals surface area contributed by atoms with Crippen LogP contribution in [0, 0.1) is 41.4 Å². The van der Waals surface area contributed by atoms with Gasteiger partial charge in [0.15, 0.2) is 14.4 Å². The van der Waals surface area contributed by atoms with Crippen LogP contribution in [0.1, 0.15) is 73.6 Å². The second-order valence-corrected chi connectivity index (χ2v) is 19.8. The first-order valence-corrected chi connectivity index (χ1v) is 20.1. The van der Waals surface area contributed by atoms with Gasteiger partial charge in [0.05, 0.1) is 19.3 Å². The summed E-state index contributed by atoms with van der Waals surface area (Å²) in [5, 5.41) is 6.34. The Bertz CT molecular complexity index is 1440. The van der Waals surface area contributed by atoms with E-state index in [0.717, 1.165) is 12.8 Å². The number of nitrogens with zero attached hydrogens (tertiary/aromatic N) is 3. The molecule has 11 nitrogen and oxygen atoms in total. The van der Waals surface area contributed by atoms with Gasteiger partial charge in [-0.3, -0.25) is 9.59 Å². The fourth-order valence-electron chi connectivity index (χ4n) is 6.48. The minimum atomic E-state index is -2.35. The molecule has 1 heterocycles. The molecule has 12 heteroatoms. The second-order valence-electron chi connectivity index (χ2n) is 15.1. The number of esters is 2. The first-order valence-electron chi connectivity index (χ1n) is 17.2. The zero-order valence-corrected chi connectivity index (χ0v) is 31.5. The molecule has 49 heavy (non-hydrogen) atoms. The average molecular weight is 695 g/mol. The molecule has 268 valence electrons. The molecular formula is C37H54N4O7Si. The van der Waals surface area contributed by atoms with Crippen LogP contribution in [0.4, 0.5) is 0 Å². The molecule has 1 saturated carbocycles. The molecule has 1 fully saturated rings.